The molecule has 2 heterocycles. The highest BCUT2D eigenvalue weighted by atomic mass is 32.2. The summed E-state index contributed by atoms with van der Waals surface area (Å²) in [7, 11) is 0. The zero-order valence-electron chi connectivity index (χ0n) is 12.2. The Morgan fingerprint density at radius 3 is 2.45 bits per heavy atom. The normalized spacial score (nSPS) is 15.9. The third kappa shape index (κ3) is 4.70. The molecule has 0 bridgehead atoms. The molecular weight excluding hydrogens is 274 g/mol. The number of hydrogen-bond donors (Lipinski definition) is 2. The van der Waals surface area contributed by atoms with Crippen LogP contribution in [-0.4, -0.2) is 46.2 Å². The number of nitrogens with zero attached hydrogens (tertiary/aromatic N) is 3. The van der Waals surface area contributed by atoms with Crippen LogP contribution < -0.4 is 15.4 Å². The van der Waals surface area contributed by atoms with Gasteiger partial charge in [-0.3, -0.25) is 0 Å². The van der Waals surface area contributed by atoms with Gasteiger partial charge in [-0.05, 0) is 44.1 Å². The molecule has 1 aliphatic heterocycles. The number of nitrogens with one attached hydrogen (secondary N) is 2. The van der Waals surface area contributed by atoms with Gasteiger partial charge in [-0.25, -0.2) is 0 Å². The third-order valence-electron chi connectivity index (χ3n) is 3.11. The fourth-order valence-corrected chi connectivity index (χ4v) is 3.26. The van der Waals surface area contributed by atoms with Crippen molar-refractivity contribution in [2.75, 3.05) is 41.8 Å². The van der Waals surface area contributed by atoms with Crippen LogP contribution in [0.25, 0.3) is 0 Å². The summed E-state index contributed by atoms with van der Waals surface area (Å²) in [5.41, 5.74) is 0. The molecule has 6 nitrogen and oxygen atoms in total. The van der Waals surface area contributed by atoms with Crippen molar-refractivity contribution in [1.82, 2.24) is 15.0 Å². The SMILES string of the molecule is CCNc1nc(NCC2CCSCC2)nc(OCC)n1. The van der Waals surface area contributed by atoms with E-state index in [4.69, 9.17) is 4.74 Å². The molecule has 1 fully saturated rings. The second-order valence-corrected chi connectivity index (χ2v) is 5.89. The molecule has 0 unspecified atom stereocenters. The van der Waals surface area contributed by atoms with Crippen LogP contribution in [0.2, 0.25) is 0 Å². The van der Waals surface area contributed by atoms with E-state index >= 15 is 0 Å². The Hall–Kier alpha value is -1.24. The third-order valence-corrected chi connectivity index (χ3v) is 4.16. The monoisotopic (exact) mass is 297 g/mol. The molecule has 1 saturated heterocycles. The maximum Gasteiger partial charge on any atom is 0.323 e. The van der Waals surface area contributed by atoms with E-state index in [1.165, 1.54) is 24.3 Å². The molecule has 2 N–H and O–H groups in total. The van der Waals surface area contributed by atoms with E-state index in [-0.39, 0.29) is 0 Å². The maximum absolute atomic E-state index is 5.38. The molecule has 112 valence electrons. The molecule has 7 heteroatoms. The van der Waals surface area contributed by atoms with Gasteiger partial charge in [0, 0.05) is 13.1 Å². The molecule has 0 spiro atoms. The van der Waals surface area contributed by atoms with Crippen molar-refractivity contribution in [2.45, 2.75) is 26.7 Å². The fraction of sp³-hybridized carbons (Fsp3) is 0.769. The minimum atomic E-state index is 0.375. The summed E-state index contributed by atoms with van der Waals surface area (Å²) >= 11 is 2.04. The number of anilines is 2. The van der Waals surface area contributed by atoms with Crippen LogP contribution in [0.5, 0.6) is 6.01 Å². The summed E-state index contributed by atoms with van der Waals surface area (Å²) in [5.74, 6) is 4.39. The van der Waals surface area contributed by atoms with Crippen LogP contribution in [0, 0.1) is 5.92 Å². The van der Waals surface area contributed by atoms with E-state index in [2.05, 4.69) is 25.6 Å². The largest absolute Gasteiger partial charge is 0.464 e. The van der Waals surface area contributed by atoms with E-state index in [1.54, 1.807) is 0 Å². The van der Waals surface area contributed by atoms with Gasteiger partial charge in [0.05, 0.1) is 6.61 Å². The molecule has 0 atom stereocenters. The van der Waals surface area contributed by atoms with Gasteiger partial charge in [0.15, 0.2) is 0 Å². The number of rotatable bonds is 7. The maximum atomic E-state index is 5.38. The molecule has 1 aliphatic rings. The molecule has 1 aromatic rings. The van der Waals surface area contributed by atoms with Crippen molar-refractivity contribution in [3.63, 3.8) is 0 Å². The summed E-state index contributed by atoms with van der Waals surface area (Å²) in [6.45, 7) is 6.17. The Balaban J connectivity index is 1.97. The number of hydrogen-bond acceptors (Lipinski definition) is 7. The van der Waals surface area contributed by atoms with Gasteiger partial charge in [0.25, 0.3) is 0 Å². The molecule has 0 aromatic carbocycles. The molecule has 2 rings (SSSR count). The highest BCUT2D eigenvalue weighted by molar-refractivity contribution is 7.99. The van der Waals surface area contributed by atoms with E-state index in [1.807, 2.05) is 25.6 Å². The first kappa shape index (κ1) is 15.2. The van der Waals surface area contributed by atoms with Gasteiger partial charge in [0.1, 0.15) is 0 Å². The van der Waals surface area contributed by atoms with Crippen molar-refractivity contribution in [3.8, 4) is 6.01 Å². The summed E-state index contributed by atoms with van der Waals surface area (Å²) in [6.07, 6.45) is 2.53. The van der Waals surface area contributed by atoms with Crippen molar-refractivity contribution in [1.29, 1.82) is 0 Å². The van der Waals surface area contributed by atoms with Gasteiger partial charge in [-0.2, -0.15) is 26.7 Å². The van der Waals surface area contributed by atoms with E-state index in [0.29, 0.717) is 30.4 Å². The van der Waals surface area contributed by atoms with Crippen LogP contribution in [0.1, 0.15) is 26.7 Å². The highest BCUT2D eigenvalue weighted by Gasteiger charge is 2.14. The lowest BCUT2D eigenvalue weighted by molar-refractivity contribution is 0.312. The first-order valence-electron chi connectivity index (χ1n) is 7.26. The molecule has 20 heavy (non-hydrogen) atoms. The minimum Gasteiger partial charge on any atom is -0.464 e. The minimum absolute atomic E-state index is 0.375. The van der Waals surface area contributed by atoms with Crippen LogP contribution in [-0.2, 0) is 0 Å². The van der Waals surface area contributed by atoms with Crippen LogP contribution in [0.15, 0.2) is 0 Å². The number of aromatic nitrogens is 3. The predicted octanol–water partition coefficient (Wildman–Crippen LogP) is 2.26. The molecular formula is C13H23N5OS. The Bertz CT molecular complexity index is 387. The summed E-state index contributed by atoms with van der Waals surface area (Å²) in [4.78, 5) is 12.9. The van der Waals surface area contributed by atoms with Crippen molar-refractivity contribution in [2.24, 2.45) is 5.92 Å². The first-order chi connectivity index (χ1) is 9.81. The van der Waals surface area contributed by atoms with Gasteiger partial charge >= 0.3 is 6.01 Å². The molecule has 1 aromatic heterocycles. The average molecular weight is 297 g/mol. The first-order valence-corrected chi connectivity index (χ1v) is 8.41. The number of thioether (sulfide) groups is 1. The van der Waals surface area contributed by atoms with Gasteiger partial charge in [0.2, 0.25) is 11.9 Å². The van der Waals surface area contributed by atoms with Crippen molar-refractivity contribution < 1.29 is 4.74 Å². The lowest BCUT2D eigenvalue weighted by Crippen LogP contribution is -2.20. The average Bonchev–Trinajstić information content (AvgIpc) is 2.47. The zero-order chi connectivity index (χ0) is 14.2. The Labute approximate surface area is 124 Å². The van der Waals surface area contributed by atoms with E-state index in [9.17, 15) is 0 Å². The smallest absolute Gasteiger partial charge is 0.323 e. The van der Waals surface area contributed by atoms with Gasteiger partial charge in [-0.15, -0.1) is 0 Å². The zero-order valence-corrected chi connectivity index (χ0v) is 13.0. The highest BCUT2D eigenvalue weighted by Crippen LogP contribution is 2.23. The Morgan fingerprint density at radius 1 is 1.10 bits per heavy atom. The molecule has 0 amide bonds. The van der Waals surface area contributed by atoms with E-state index < -0.39 is 0 Å². The topological polar surface area (TPSA) is 72.0 Å². The van der Waals surface area contributed by atoms with Crippen molar-refractivity contribution >= 4 is 23.7 Å². The predicted molar refractivity (Wildman–Crippen MR) is 83.7 cm³/mol. The number of ether oxygens (including phenoxy) is 1. The van der Waals surface area contributed by atoms with Crippen LogP contribution in [0.4, 0.5) is 11.9 Å². The molecule has 0 saturated carbocycles. The second-order valence-electron chi connectivity index (χ2n) is 4.67. The summed E-state index contributed by atoms with van der Waals surface area (Å²) < 4.78 is 5.38. The van der Waals surface area contributed by atoms with Gasteiger partial charge < -0.3 is 15.4 Å². The standard InChI is InChI=1S/C13H23N5OS/c1-3-14-11-16-12(18-13(17-11)19-4-2)15-9-10-5-7-20-8-6-10/h10H,3-9H2,1-2H3,(H2,14,15,16,17,18). The molecule has 0 aliphatic carbocycles. The summed E-state index contributed by atoms with van der Waals surface area (Å²) in [6, 6.07) is 0.375. The molecule has 0 radical (unpaired) electrons. The second kappa shape index (κ2) is 8.14. The van der Waals surface area contributed by atoms with Crippen LogP contribution >= 0.6 is 11.8 Å². The summed E-state index contributed by atoms with van der Waals surface area (Å²) in [5, 5.41) is 6.42. The van der Waals surface area contributed by atoms with Crippen LogP contribution in [0.3, 0.4) is 0 Å². The van der Waals surface area contributed by atoms with Crippen molar-refractivity contribution in [3.05, 3.63) is 0 Å². The lowest BCUT2D eigenvalue weighted by Gasteiger charge is -2.21. The Kier molecular flexibility index (Phi) is 6.17. The fourth-order valence-electron chi connectivity index (χ4n) is 2.05. The lowest BCUT2D eigenvalue weighted by atomic mass is 10.0. The Morgan fingerprint density at radius 2 is 1.80 bits per heavy atom. The quantitative estimate of drug-likeness (QED) is 0.799. The van der Waals surface area contributed by atoms with Gasteiger partial charge in [-0.1, -0.05) is 0 Å². The van der Waals surface area contributed by atoms with E-state index in [0.717, 1.165) is 13.1 Å².